The number of carbonyl (C=O) groups excluding carboxylic acids is 1. The number of aromatic nitrogens is 5. The van der Waals surface area contributed by atoms with Crippen molar-refractivity contribution in [3.8, 4) is 23.0 Å². The van der Waals surface area contributed by atoms with E-state index in [-0.39, 0.29) is 18.2 Å². The average molecular weight is 488 g/mol. The molecule has 0 radical (unpaired) electrons. The predicted octanol–water partition coefficient (Wildman–Crippen LogP) is 2.65. The number of nitrogens with zero attached hydrogens (tertiary/aromatic N) is 7. The maximum Gasteiger partial charge on any atom is 0.387 e. The summed E-state index contributed by atoms with van der Waals surface area (Å²) in [6.45, 7) is 1.50. The van der Waals surface area contributed by atoms with E-state index in [9.17, 15) is 13.6 Å². The quantitative estimate of drug-likeness (QED) is 0.454. The summed E-state index contributed by atoms with van der Waals surface area (Å²) in [5.41, 5.74) is 0.655. The maximum absolute atomic E-state index is 13.0. The second kappa shape index (κ2) is 11.1. The van der Waals surface area contributed by atoms with Crippen LogP contribution in [-0.2, 0) is 17.8 Å². The summed E-state index contributed by atoms with van der Waals surface area (Å²) >= 11 is 0. The minimum absolute atomic E-state index is 0.0503. The molecular formula is C23H27F2N7O3. The Morgan fingerprint density at radius 3 is 2.49 bits per heavy atom. The Balaban J connectivity index is 1.41. The summed E-state index contributed by atoms with van der Waals surface area (Å²) < 4.78 is 36.0. The molecule has 0 saturated carbocycles. The summed E-state index contributed by atoms with van der Waals surface area (Å²) in [6.07, 6.45) is 3.15. The first kappa shape index (κ1) is 24.3. The number of piperazine rings is 1. The topological polar surface area (TPSA) is 98.5 Å². The van der Waals surface area contributed by atoms with Crippen LogP contribution in [0.4, 0.5) is 14.7 Å². The van der Waals surface area contributed by atoms with E-state index in [2.05, 4.69) is 24.8 Å². The van der Waals surface area contributed by atoms with Crippen LogP contribution in [0.3, 0.4) is 0 Å². The molecule has 0 spiro atoms. The second-order valence-electron chi connectivity index (χ2n) is 7.93. The van der Waals surface area contributed by atoms with Crippen molar-refractivity contribution in [3.05, 3.63) is 42.4 Å². The van der Waals surface area contributed by atoms with E-state index < -0.39 is 6.61 Å². The summed E-state index contributed by atoms with van der Waals surface area (Å²) in [6, 6.07) is 7.81. The fourth-order valence-electron chi connectivity index (χ4n) is 3.80. The van der Waals surface area contributed by atoms with Crippen LogP contribution in [0.15, 0.2) is 36.5 Å². The number of alkyl halides is 2. The lowest BCUT2D eigenvalue weighted by atomic mass is 10.2. The second-order valence-corrected chi connectivity index (χ2v) is 7.93. The minimum atomic E-state index is -2.88. The lowest BCUT2D eigenvalue weighted by molar-refractivity contribution is -0.132. The standard InChI is InChI=1S/C23H27F2N7O3/c1-3-4-18-27-21(16-5-7-17(8-6-16)35-22(24)25)29-32(18)15-20(33)30-11-13-31(14-12-30)23-26-10-9-19(28-23)34-2/h5-10,22H,3-4,11-15H2,1-2H3. The van der Waals surface area contributed by atoms with E-state index in [0.29, 0.717) is 61.6 Å². The minimum Gasteiger partial charge on any atom is -0.481 e. The van der Waals surface area contributed by atoms with Gasteiger partial charge in [-0.25, -0.2) is 14.6 Å². The molecule has 1 aliphatic rings. The predicted molar refractivity (Wildman–Crippen MR) is 123 cm³/mol. The summed E-state index contributed by atoms with van der Waals surface area (Å²) in [7, 11) is 1.56. The highest BCUT2D eigenvalue weighted by Gasteiger charge is 2.24. The summed E-state index contributed by atoms with van der Waals surface area (Å²) in [5, 5.41) is 4.53. The molecule has 4 rings (SSSR count). The summed E-state index contributed by atoms with van der Waals surface area (Å²) in [4.78, 5) is 30.1. The molecular weight excluding hydrogens is 460 g/mol. The lowest BCUT2D eigenvalue weighted by Crippen LogP contribution is -2.50. The van der Waals surface area contributed by atoms with Gasteiger partial charge in [-0.3, -0.25) is 4.79 Å². The molecule has 0 unspecified atom stereocenters. The van der Waals surface area contributed by atoms with Gasteiger partial charge in [0.15, 0.2) is 5.82 Å². The van der Waals surface area contributed by atoms with Gasteiger partial charge in [-0.05, 0) is 30.7 Å². The van der Waals surface area contributed by atoms with Crippen molar-refractivity contribution in [1.82, 2.24) is 29.6 Å². The van der Waals surface area contributed by atoms with Crippen LogP contribution in [0.5, 0.6) is 11.6 Å². The van der Waals surface area contributed by atoms with E-state index in [0.717, 1.165) is 6.42 Å². The fourth-order valence-corrected chi connectivity index (χ4v) is 3.80. The van der Waals surface area contributed by atoms with Gasteiger partial charge >= 0.3 is 6.61 Å². The monoisotopic (exact) mass is 487 g/mol. The van der Waals surface area contributed by atoms with Gasteiger partial charge < -0.3 is 19.3 Å². The van der Waals surface area contributed by atoms with Crippen molar-refractivity contribution in [2.24, 2.45) is 0 Å². The Morgan fingerprint density at radius 2 is 1.83 bits per heavy atom. The molecule has 1 fully saturated rings. The number of anilines is 1. The number of hydrogen-bond acceptors (Lipinski definition) is 8. The molecule has 0 atom stereocenters. The zero-order valence-corrected chi connectivity index (χ0v) is 19.6. The molecule has 1 saturated heterocycles. The van der Waals surface area contributed by atoms with Gasteiger partial charge in [0.2, 0.25) is 17.7 Å². The van der Waals surface area contributed by atoms with Crippen molar-refractivity contribution < 1.29 is 23.0 Å². The Morgan fingerprint density at radius 1 is 1.09 bits per heavy atom. The molecule has 186 valence electrons. The highest BCUT2D eigenvalue weighted by atomic mass is 19.3. The average Bonchev–Trinajstić information content (AvgIpc) is 3.26. The first-order valence-electron chi connectivity index (χ1n) is 11.4. The van der Waals surface area contributed by atoms with Crippen LogP contribution in [0.2, 0.25) is 0 Å². The Hall–Kier alpha value is -3.83. The molecule has 0 aliphatic carbocycles. The van der Waals surface area contributed by atoms with Gasteiger partial charge in [-0.15, -0.1) is 0 Å². The number of aryl methyl sites for hydroxylation is 1. The number of carbonyl (C=O) groups is 1. The van der Waals surface area contributed by atoms with Crippen molar-refractivity contribution in [1.29, 1.82) is 0 Å². The zero-order valence-electron chi connectivity index (χ0n) is 19.6. The third-order valence-corrected chi connectivity index (χ3v) is 5.59. The van der Waals surface area contributed by atoms with Crippen LogP contribution in [0.1, 0.15) is 19.2 Å². The molecule has 3 aromatic rings. The largest absolute Gasteiger partial charge is 0.481 e. The number of benzene rings is 1. The number of rotatable bonds is 9. The fraction of sp³-hybridized carbons (Fsp3) is 0.435. The first-order chi connectivity index (χ1) is 17.0. The van der Waals surface area contributed by atoms with Crippen molar-refractivity contribution in [3.63, 3.8) is 0 Å². The Bertz CT molecular complexity index is 1130. The number of ether oxygens (including phenoxy) is 2. The van der Waals surface area contributed by atoms with E-state index in [1.165, 1.54) is 12.1 Å². The van der Waals surface area contributed by atoms with Gasteiger partial charge in [-0.1, -0.05) is 6.92 Å². The van der Waals surface area contributed by atoms with Gasteiger partial charge in [0, 0.05) is 50.4 Å². The molecule has 3 heterocycles. The van der Waals surface area contributed by atoms with Crippen LogP contribution in [0.25, 0.3) is 11.4 Å². The molecule has 1 amide bonds. The normalized spacial score (nSPS) is 13.9. The lowest BCUT2D eigenvalue weighted by Gasteiger charge is -2.34. The molecule has 0 N–H and O–H groups in total. The van der Waals surface area contributed by atoms with Crippen molar-refractivity contribution in [2.45, 2.75) is 32.9 Å². The molecule has 1 aromatic carbocycles. The molecule has 10 nitrogen and oxygen atoms in total. The smallest absolute Gasteiger partial charge is 0.387 e. The third kappa shape index (κ3) is 6.00. The molecule has 2 aromatic heterocycles. The van der Waals surface area contributed by atoms with Crippen molar-refractivity contribution >= 4 is 11.9 Å². The van der Waals surface area contributed by atoms with Crippen LogP contribution in [0, 0.1) is 0 Å². The molecule has 35 heavy (non-hydrogen) atoms. The maximum atomic E-state index is 13.0. The third-order valence-electron chi connectivity index (χ3n) is 5.59. The number of amides is 1. The van der Waals surface area contributed by atoms with Gasteiger partial charge in [0.25, 0.3) is 0 Å². The van der Waals surface area contributed by atoms with E-state index in [4.69, 9.17) is 4.74 Å². The van der Waals surface area contributed by atoms with Gasteiger partial charge in [-0.2, -0.15) is 18.9 Å². The zero-order chi connectivity index (χ0) is 24.8. The molecule has 12 heteroatoms. The van der Waals surface area contributed by atoms with Crippen LogP contribution >= 0.6 is 0 Å². The number of hydrogen-bond donors (Lipinski definition) is 0. The Labute approximate surface area is 201 Å². The van der Waals surface area contributed by atoms with E-state index in [1.54, 1.807) is 41.1 Å². The van der Waals surface area contributed by atoms with Crippen LogP contribution < -0.4 is 14.4 Å². The SMILES string of the molecule is CCCc1nc(-c2ccc(OC(F)F)cc2)nn1CC(=O)N1CCN(c2nccc(OC)n2)CC1. The van der Waals surface area contributed by atoms with Crippen molar-refractivity contribution in [2.75, 3.05) is 38.2 Å². The first-order valence-corrected chi connectivity index (χ1v) is 11.4. The summed E-state index contributed by atoms with van der Waals surface area (Å²) in [5.74, 6) is 2.22. The van der Waals surface area contributed by atoms with E-state index >= 15 is 0 Å². The van der Waals surface area contributed by atoms with Crippen LogP contribution in [-0.4, -0.2) is 75.4 Å². The highest BCUT2D eigenvalue weighted by molar-refractivity contribution is 5.76. The molecule has 0 bridgehead atoms. The number of methoxy groups -OCH3 is 1. The number of halogens is 2. The van der Waals surface area contributed by atoms with E-state index in [1.807, 2.05) is 11.8 Å². The molecule has 1 aliphatic heterocycles. The Kier molecular flexibility index (Phi) is 7.68. The van der Waals surface area contributed by atoms with Gasteiger partial charge in [0.05, 0.1) is 7.11 Å². The van der Waals surface area contributed by atoms with Gasteiger partial charge in [0.1, 0.15) is 18.1 Å². The highest BCUT2D eigenvalue weighted by Crippen LogP contribution is 2.22.